The van der Waals surface area contributed by atoms with E-state index < -0.39 is 10.0 Å². The summed E-state index contributed by atoms with van der Waals surface area (Å²) in [5, 5.41) is 0. The van der Waals surface area contributed by atoms with Gasteiger partial charge in [0.05, 0.1) is 5.75 Å². The lowest BCUT2D eigenvalue weighted by Crippen LogP contribution is -2.28. The number of unbranched alkanes of at least 4 members (excludes halogenated alkanes) is 1. The molecule has 0 aliphatic carbocycles. The van der Waals surface area contributed by atoms with Crippen LogP contribution in [0.4, 0.5) is 0 Å². The topological polar surface area (TPSA) is 72.2 Å². The van der Waals surface area contributed by atoms with Crippen LogP contribution >= 0.6 is 0 Å². The molecule has 0 aliphatic heterocycles. The van der Waals surface area contributed by atoms with Crippen molar-refractivity contribution >= 4 is 21.1 Å². The van der Waals surface area contributed by atoms with Gasteiger partial charge >= 0.3 is 0 Å². The monoisotopic (exact) mass is 296 g/mol. The van der Waals surface area contributed by atoms with Crippen LogP contribution in [0, 0.1) is 6.92 Å². The molecule has 1 aromatic heterocycles. The minimum atomic E-state index is -3.14. The Morgan fingerprint density at radius 2 is 2.15 bits per heavy atom. The molecule has 0 amide bonds. The number of rotatable bonds is 7. The molecule has 1 aromatic carbocycles. The maximum absolute atomic E-state index is 11.7. The average Bonchev–Trinajstić information content (AvgIpc) is 2.75. The van der Waals surface area contributed by atoms with E-state index in [1.807, 2.05) is 32.0 Å². The van der Waals surface area contributed by atoms with E-state index in [1.54, 1.807) is 0 Å². The largest absolute Gasteiger partial charge is 0.441 e. The lowest BCUT2D eigenvalue weighted by molar-refractivity contribution is 0.560. The predicted octanol–water partition coefficient (Wildman–Crippen LogP) is 2.40. The van der Waals surface area contributed by atoms with Gasteiger partial charge in [-0.2, -0.15) is 0 Å². The molecular weight excluding hydrogens is 276 g/mol. The first-order valence-corrected chi connectivity index (χ1v) is 8.49. The number of fused-ring (bicyclic) bond motifs is 1. The third kappa shape index (κ3) is 4.05. The Balaban J connectivity index is 1.92. The molecule has 0 bridgehead atoms. The number of aromatic nitrogens is 1. The van der Waals surface area contributed by atoms with E-state index >= 15 is 0 Å². The molecule has 0 atom stereocenters. The van der Waals surface area contributed by atoms with Gasteiger partial charge in [0.15, 0.2) is 11.5 Å². The Kier molecular flexibility index (Phi) is 4.77. The van der Waals surface area contributed by atoms with E-state index in [4.69, 9.17) is 4.42 Å². The highest BCUT2D eigenvalue weighted by molar-refractivity contribution is 7.89. The Morgan fingerprint density at radius 1 is 1.35 bits per heavy atom. The summed E-state index contributed by atoms with van der Waals surface area (Å²) in [6, 6.07) is 5.76. The van der Waals surface area contributed by atoms with Gasteiger partial charge in [0.2, 0.25) is 10.0 Å². The molecule has 1 N–H and O–H groups in total. The van der Waals surface area contributed by atoms with Crippen LogP contribution in [0.25, 0.3) is 11.1 Å². The normalized spacial score (nSPS) is 12.1. The minimum Gasteiger partial charge on any atom is -0.441 e. The van der Waals surface area contributed by atoms with Gasteiger partial charge in [0.1, 0.15) is 5.52 Å². The summed E-state index contributed by atoms with van der Waals surface area (Å²) >= 11 is 0. The fraction of sp³-hybridized carbons (Fsp3) is 0.500. The van der Waals surface area contributed by atoms with Crippen molar-refractivity contribution in [2.75, 3.05) is 12.3 Å². The number of aryl methyl sites for hydroxylation is 1. The molecule has 2 aromatic rings. The molecule has 0 fully saturated rings. The molecule has 0 spiro atoms. The van der Waals surface area contributed by atoms with Crippen LogP contribution < -0.4 is 4.72 Å². The smallest absolute Gasteiger partial charge is 0.211 e. The Hall–Kier alpha value is -1.40. The van der Waals surface area contributed by atoms with Gasteiger partial charge in [-0.25, -0.2) is 18.1 Å². The summed E-state index contributed by atoms with van der Waals surface area (Å²) in [6.07, 6.45) is 2.21. The highest BCUT2D eigenvalue weighted by Gasteiger charge is 2.09. The molecule has 110 valence electrons. The van der Waals surface area contributed by atoms with Crippen molar-refractivity contribution in [3.8, 4) is 0 Å². The summed E-state index contributed by atoms with van der Waals surface area (Å²) in [6.45, 7) is 4.19. The average molecular weight is 296 g/mol. The van der Waals surface area contributed by atoms with Crippen LogP contribution in [0.3, 0.4) is 0 Å². The molecule has 0 saturated heterocycles. The molecule has 6 heteroatoms. The summed E-state index contributed by atoms with van der Waals surface area (Å²) < 4.78 is 31.4. The van der Waals surface area contributed by atoms with E-state index in [0.717, 1.165) is 23.1 Å². The lowest BCUT2D eigenvalue weighted by atomic mass is 10.1. The summed E-state index contributed by atoms with van der Waals surface area (Å²) in [5.41, 5.74) is 2.61. The van der Waals surface area contributed by atoms with Crippen LogP contribution in [0.15, 0.2) is 22.6 Å². The molecule has 5 nitrogen and oxygen atoms in total. The molecule has 2 rings (SSSR count). The summed E-state index contributed by atoms with van der Waals surface area (Å²) in [4.78, 5) is 4.23. The van der Waals surface area contributed by atoms with Gasteiger partial charge in [0.25, 0.3) is 0 Å². The first-order chi connectivity index (χ1) is 9.50. The highest BCUT2D eigenvalue weighted by atomic mass is 32.2. The van der Waals surface area contributed by atoms with Crippen molar-refractivity contribution in [2.24, 2.45) is 0 Å². The van der Waals surface area contributed by atoms with E-state index in [-0.39, 0.29) is 5.75 Å². The maximum atomic E-state index is 11.7. The number of oxazole rings is 1. The van der Waals surface area contributed by atoms with Crippen LogP contribution in [0.5, 0.6) is 0 Å². The van der Waals surface area contributed by atoms with Gasteiger partial charge in [-0.1, -0.05) is 19.4 Å². The van der Waals surface area contributed by atoms with Crippen molar-refractivity contribution < 1.29 is 12.8 Å². The standard InChI is InChI=1S/C14H20N2O3S/c1-3-4-9-20(17,18)15-8-7-12-5-6-13-14(10-12)19-11(2)16-13/h5-6,10,15H,3-4,7-9H2,1-2H3. The van der Waals surface area contributed by atoms with E-state index in [9.17, 15) is 8.42 Å². The Bertz CT molecular complexity index is 677. The molecule has 20 heavy (non-hydrogen) atoms. The zero-order valence-electron chi connectivity index (χ0n) is 11.8. The van der Waals surface area contributed by atoms with Crippen molar-refractivity contribution in [3.05, 3.63) is 29.7 Å². The van der Waals surface area contributed by atoms with E-state index in [0.29, 0.717) is 25.3 Å². The fourth-order valence-electron chi connectivity index (χ4n) is 2.00. The number of nitrogens with zero attached hydrogens (tertiary/aromatic N) is 1. The Labute approximate surface area is 119 Å². The third-order valence-electron chi connectivity index (χ3n) is 3.06. The first-order valence-electron chi connectivity index (χ1n) is 6.83. The van der Waals surface area contributed by atoms with Gasteiger partial charge in [-0.05, 0) is 30.5 Å². The van der Waals surface area contributed by atoms with Crippen molar-refractivity contribution in [3.63, 3.8) is 0 Å². The SMILES string of the molecule is CCCCS(=O)(=O)NCCc1ccc2nc(C)oc2c1. The summed E-state index contributed by atoms with van der Waals surface area (Å²) in [5.74, 6) is 0.835. The lowest BCUT2D eigenvalue weighted by Gasteiger charge is -2.06. The van der Waals surface area contributed by atoms with E-state index in [2.05, 4.69) is 9.71 Å². The second-order valence-corrected chi connectivity index (χ2v) is 6.78. The van der Waals surface area contributed by atoms with Crippen molar-refractivity contribution in [1.82, 2.24) is 9.71 Å². The zero-order chi connectivity index (χ0) is 14.6. The quantitative estimate of drug-likeness (QED) is 0.851. The predicted molar refractivity (Wildman–Crippen MR) is 79.1 cm³/mol. The second kappa shape index (κ2) is 6.37. The maximum Gasteiger partial charge on any atom is 0.211 e. The van der Waals surface area contributed by atoms with Gasteiger partial charge in [-0.3, -0.25) is 0 Å². The zero-order valence-corrected chi connectivity index (χ0v) is 12.7. The van der Waals surface area contributed by atoms with Crippen LogP contribution in [0.2, 0.25) is 0 Å². The van der Waals surface area contributed by atoms with Gasteiger partial charge in [-0.15, -0.1) is 0 Å². The van der Waals surface area contributed by atoms with Gasteiger partial charge in [0, 0.05) is 13.5 Å². The first kappa shape index (κ1) is 15.0. The number of benzene rings is 1. The molecular formula is C14H20N2O3S. The van der Waals surface area contributed by atoms with Crippen molar-refractivity contribution in [1.29, 1.82) is 0 Å². The van der Waals surface area contributed by atoms with Crippen LogP contribution in [-0.4, -0.2) is 25.7 Å². The number of hydrogen-bond acceptors (Lipinski definition) is 4. The van der Waals surface area contributed by atoms with Crippen LogP contribution in [-0.2, 0) is 16.4 Å². The molecule has 0 radical (unpaired) electrons. The van der Waals surface area contributed by atoms with Crippen LogP contribution in [0.1, 0.15) is 31.2 Å². The van der Waals surface area contributed by atoms with E-state index in [1.165, 1.54) is 0 Å². The Morgan fingerprint density at radius 3 is 2.90 bits per heavy atom. The molecule has 1 heterocycles. The molecule has 0 aliphatic rings. The highest BCUT2D eigenvalue weighted by Crippen LogP contribution is 2.17. The van der Waals surface area contributed by atoms with Gasteiger partial charge < -0.3 is 4.42 Å². The molecule has 0 saturated carbocycles. The third-order valence-corrected chi connectivity index (χ3v) is 4.53. The minimum absolute atomic E-state index is 0.198. The summed E-state index contributed by atoms with van der Waals surface area (Å²) in [7, 11) is -3.14. The second-order valence-electron chi connectivity index (χ2n) is 4.85. The molecule has 0 unspecified atom stereocenters. The number of sulfonamides is 1. The fourth-order valence-corrected chi connectivity index (χ4v) is 3.22. The number of nitrogens with one attached hydrogen (secondary N) is 1. The van der Waals surface area contributed by atoms with Crippen molar-refractivity contribution in [2.45, 2.75) is 33.1 Å². The number of hydrogen-bond donors (Lipinski definition) is 1.